The molecule has 1 heterocycles. The van der Waals surface area contributed by atoms with Crippen LogP contribution in [0.5, 0.6) is 0 Å². The SMILES string of the molecule is O=[N+]([O-])c1cnccc1NCCCC1CC1. The van der Waals surface area contributed by atoms with Gasteiger partial charge in [0.1, 0.15) is 11.9 Å². The van der Waals surface area contributed by atoms with Crippen LogP contribution in [0.2, 0.25) is 0 Å². The Morgan fingerprint density at radius 3 is 3.06 bits per heavy atom. The molecule has 0 atom stereocenters. The minimum atomic E-state index is -0.407. The van der Waals surface area contributed by atoms with Gasteiger partial charge in [-0.25, -0.2) is 0 Å². The van der Waals surface area contributed by atoms with Gasteiger partial charge in [0.25, 0.3) is 0 Å². The van der Waals surface area contributed by atoms with Gasteiger partial charge in [-0.15, -0.1) is 0 Å². The number of hydrogen-bond donors (Lipinski definition) is 1. The largest absolute Gasteiger partial charge is 0.379 e. The fourth-order valence-electron chi connectivity index (χ4n) is 1.70. The monoisotopic (exact) mass is 221 g/mol. The molecular weight excluding hydrogens is 206 g/mol. The third kappa shape index (κ3) is 2.92. The van der Waals surface area contributed by atoms with Gasteiger partial charge in [0, 0.05) is 12.7 Å². The van der Waals surface area contributed by atoms with Gasteiger partial charge in [-0.1, -0.05) is 12.8 Å². The number of aromatic nitrogens is 1. The summed E-state index contributed by atoms with van der Waals surface area (Å²) in [6.45, 7) is 0.793. The smallest absolute Gasteiger partial charge is 0.310 e. The quantitative estimate of drug-likeness (QED) is 0.455. The van der Waals surface area contributed by atoms with Crippen LogP contribution in [-0.2, 0) is 0 Å². The number of nitrogens with one attached hydrogen (secondary N) is 1. The fourth-order valence-corrected chi connectivity index (χ4v) is 1.70. The maximum atomic E-state index is 10.7. The molecule has 0 aliphatic heterocycles. The van der Waals surface area contributed by atoms with Crippen LogP contribution in [0, 0.1) is 16.0 Å². The topological polar surface area (TPSA) is 68.1 Å². The van der Waals surface area contributed by atoms with Gasteiger partial charge in [0.2, 0.25) is 0 Å². The molecule has 2 rings (SSSR count). The number of nitrogens with zero attached hydrogens (tertiary/aromatic N) is 2. The van der Waals surface area contributed by atoms with Crippen molar-refractivity contribution >= 4 is 11.4 Å². The molecule has 1 aromatic heterocycles. The van der Waals surface area contributed by atoms with Crippen molar-refractivity contribution in [1.29, 1.82) is 0 Å². The van der Waals surface area contributed by atoms with Crippen molar-refractivity contribution in [2.24, 2.45) is 5.92 Å². The molecule has 0 spiro atoms. The molecule has 5 heteroatoms. The Bertz CT molecular complexity index is 377. The summed E-state index contributed by atoms with van der Waals surface area (Å²) in [5.41, 5.74) is 0.615. The van der Waals surface area contributed by atoms with Crippen LogP contribution in [-0.4, -0.2) is 16.5 Å². The summed E-state index contributed by atoms with van der Waals surface area (Å²) in [7, 11) is 0. The predicted molar refractivity (Wildman–Crippen MR) is 61.3 cm³/mol. The Morgan fingerprint density at radius 1 is 1.56 bits per heavy atom. The lowest BCUT2D eigenvalue weighted by molar-refractivity contribution is -0.384. The van der Waals surface area contributed by atoms with Gasteiger partial charge < -0.3 is 5.32 Å². The van der Waals surface area contributed by atoms with Gasteiger partial charge in [0.05, 0.1) is 4.92 Å². The van der Waals surface area contributed by atoms with Crippen LogP contribution < -0.4 is 5.32 Å². The number of hydrogen-bond acceptors (Lipinski definition) is 4. The molecule has 1 fully saturated rings. The first-order valence-electron chi connectivity index (χ1n) is 5.59. The first kappa shape index (κ1) is 10.9. The summed E-state index contributed by atoms with van der Waals surface area (Å²) in [6.07, 6.45) is 7.86. The third-order valence-electron chi connectivity index (χ3n) is 2.80. The van der Waals surface area contributed by atoms with Gasteiger partial charge in [-0.2, -0.15) is 0 Å². The van der Waals surface area contributed by atoms with E-state index in [0.717, 1.165) is 18.9 Å². The second-order valence-electron chi connectivity index (χ2n) is 4.16. The summed E-state index contributed by atoms with van der Waals surface area (Å²) in [5, 5.41) is 13.8. The van der Waals surface area contributed by atoms with E-state index in [0.29, 0.717) is 5.69 Å². The third-order valence-corrected chi connectivity index (χ3v) is 2.80. The highest BCUT2D eigenvalue weighted by molar-refractivity contribution is 5.59. The molecule has 1 aliphatic rings. The zero-order chi connectivity index (χ0) is 11.4. The Hall–Kier alpha value is -1.65. The minimum Gasteiger partial charge on any atom is -0.379 e. The second-order valence-corrected chi connectivity index (χ2v) is 4.16. The average Bonchev–Trinajstić information content (AvgIpc) is 3.08. The van der Waals surface area contributed by atoms with Crippen molar-refractivity contribution in [1.82, 2.24) is 4.98 Å². The fraction of sp³-hybridized carbons (Fsp3) is 0.545. The molecule has 0 radical (unpaired) electrons. The summed E-state index contributed by atoms with van der Waals surface area (Å²) in [5.74, 6) is 0.911. The first-order chi connectivity index (χ1) is 7.77. The normalized spacial score (nSPS) is 14.8. The van der Waals surface area contributed by atoms with Crippen molar-refractivity contribution in [3.8, 4) is 0 Å². The number of pyridine rings is 1. The molecule has 0 unspecified atom stereocenters. The molecule has 5 nitrogen and oxygen atoms in total. The molecule has 1 aliphatic carbocycles. The predicted octanol–water partition coefficient (Wildman–Crippen LogP) is 2.59. The maximum Gasteiger partial charge on any atom is 0.310 e. The lowest BCUT2D eigenvalue weighted by atomic mass is 10.2. The van der Waals surface area contributed by atoms with Crippen LogP contribution in [0.3, 0.4) is 0 Å². The average molecular weight is 221 g/mol. The van der Waals surface area contributed by atoms with Crippen LogP contribution in [0.15, 0.2) is 18.5 Å². The molecule has 0 saturated heterocycles. The highest BCUT2D eigenvalue weighted by Gasteiger charge is 2.20. The Morgan fingerprint density at radius 2 is 2.38 bits per heavy atom. The summed E-state index contributed by atoms with van der Waals surface area (Å²) < 4.78 is 0. The highest BCUT2D eigenvalue weighted by atomic mass is 16.6. The van der Waals surface area contributed by atoms with Crippen LogP contribution >= 0.6 is 0 Å². The second kappa shape index (κ2) is 4.92. The van der Waals surface area contributed by atoms with Crippen LogP contribution in [0.25, 0.3) is 0 Å². The van der Waals surface area contributed by atoms with Gasteiger partial charge in [0.15, 0.2) is 0 Å². The molecule has 1 aromatic rings. The highest BCUT2D eigenvalue weighted by Crippen LogP contribution is 2.33. The first-order valence-corrected chi connectivity index (χ1v) is 5.59. The number of anilines is 1. The molecule has 1 N–H and O–H groups in total. The molecule has 86 valence electrons. The maximum absolute atomic E-state index is 10.7. The van der Waals surface area contributed by atoms with Crippen molar-refractivity contribution in [2.75, 3.05) is 11.9 Å². The Kier molecular flexibility index (Phi) is 3.34. The lowest BCUT2D eigenvalue weighted by Gasteiger charge is -2.05. The van der Waals surface area contributed by atoms with E-state index in [-0.39, 0.29) is 5.69 Å². The Balaban J connectivity index is 1.84. The van der Waals surface area contributed by atoms with E-state index in [1.807, 2.05) is 0 Å². The van der Waals surface area contributed by atoms with E-state index in [2.05, 4.69) is 10.3 Å². The van der Waals surface area contributed by atoms with E-state index in [4.69, 9.17) is 0 Å². The van der Waals surface area contributed by atoms with Crippen LogP contribution in [0.4, 0.5) is 11.4 Å². The molecule has 16 heavy (non-hydrogen) atoms. The van der Waals surface area contributed by atoms with E-state index >= 15 is 0 Å². The number of nitro groups is 1. The van der Waals surface area contributed by atoms with E-state index in [1.165, 1.54) is 25.5 Å². The summed E-state index contributed by atoms with van der Waals surface area (Å²) in [6, 6.07) is 1.65. The molecular formula is C11H15N3O2. The standard InChI is InChI=1S/C11H15N3O2/c15-14(16)11-8-12-7-5-10(11)13-6-1-2-9-3-4-9/h5,7-9H,1-4,6H2,(H,12,13). The number of rotatable bonds is 6. The van der Waals surface area contributed by atoms with Crippen molar-refractivity contribution in [3.63, 3.8) is 0 Å². The lowest BCUT2D eigenvalue weighted by Crippen LogP contribution is -2.04. The van der Waals surface area contributed by atoms with Gasteiger partial charge in [-0.3, -0.25) is 15.1 Å². The molecule has 0 aromatic carbocycles. The van der Waals surface area contributed by atoms with Crippen molar-refractivity contribution in [2.45, 2.75) is 25.7 Å². The van der Waals surface area contributed by atoms with Gasteiger partial charge in [-0.05, 0) is 24.8 Å². The van der Waals surface area contributed by atoms with E-state index in [9.17, 15) is 10.1 Å². The minimum absolute atomic E-state index is 0.0499. The van der Waals surface area contributed by atoms with Crippen molar-refractivity contribution in [3.05, 3.63) is 28.6 Å². The van der Waals surface area contributed by atoms with E-state index in [1.54, 1.807) is 12.3 Å². The summed E-state index contributed by atoms with van der Waals surface area (Å²) >= 11 is 0. The zero-order valence-corrected chi connectivity index (χ0v) is 9.06. The summed E-state index contributed by atoms with van der Waals surface area (Å²) in [4.78, 5) is 14.0. The zero-order valence-electron chi connectivity index (χ0n) is 9.06. The molecule has 1 saturated carbocycles. The van der Waals surface area contributed by atoms with Crippen LogP contribution in [0.1, 0.15) is 25.7 Å². The molecule has 0 amide bonds. The Labute approximate surface area is 94.0 Å². The van der Waals surface area contributed by atoms with E-state index < -0.39 is 4.92 Å². The van der Waals surface area contributed by atoms with Crippen molar-refractivity contribution < 1.29 is 4.92 Å². The van der Waals surface area contributed by atoms with Gasteiger partial charge >= 0.3 is 5.69 Å². The molecule has 0 bridgehead atoms.